The van der Waals surface area contributed by atoms with Gasteiger partial charge in [0.2, 0.25) is 0 Å². The van der Waals surface area contributed by atoms with Gasteiger partial charge in [0.05, 0.1) is 6.61 Å². The zero-order valence-corrected chi connectivity index (χ0v) is 10.3. The maximum Gasteiger partial charge on any atom is 0.374 e. The number of halogens is 1. The van der Waals surface area contributed by atoms with Crippen molar-refractivity contribution in [2.75, 3.05) is 25.6 Å². The van der Waals surface area contributed by atoms with Crippen LogP contribution in [0.5, 0.6) is 0 Å². The zero-order chi connectivity index (χ0) is 12.8. The molecule has 0 aromatic carbocycles. The van der Waals surface area contributed by atoms with Crippen LogP contribution in [0.4, 0.5) is 3.89 Å². The average molecular weight is 279 g/mol. The summed E-state index contributed by atoms with van der Waals surface area (Å²) in [5.74, 6) is -0.945. The molecule has 0 rings (SSSR count). The Morgan fingerprint density at radius 2 is 1.81 bits per heavy atom. The number of rotatable bonds is 8. The van der Waals surface area contributed by atoms with E-state index >= 15 is 0 Å². The van der Waals surface area contributed by atoms with E-state index in [0.29, 0.717) is 10.7 Å². The number of hydrogen-bond donors (Lipinski definition) is 1. The summed E-state index contributed by atoms with van der Waals surface area (Å²) in [4.78, 5) is 0. The van der Waals surface area contributed by atoms with Crippen molar-refractivity contribution in [1.29, 1.82) is 0 Å². The van der Waals surface area contributed by atoms with Crippen LogP contribution >= 0.6 is 0 Å². The Balaban J connectivity index is 4.06. The summed E-state index contributed by atoms with van der Waals surface area (Å²) in [5, 5.41) is 0. The van der Waals surface area contributed by atoms with E-state index in [9.17, 15) is 20.7 Å². The minimum Gasteiger partial charge on any atom is -0.362 e. The van der Waals surface area contributed by atoms with Crippen molar-refractivity contribution < 1.29 is 30.0 Å². The van der Waals surface area contributed by atoms with E-state index in [1.807, 2.05) is 0 Å². The summed E-state index contributed by atoms with van der Waals surface area (Å²) in [6.45, 7) is 1.02. The zero-order valence-electron chi connectivity index (χ0n) is 8.67. The molecule has 10 heteroatoms. The van der Waals surface area contributed by atoms with Crippen molar-refractivity contribution >= 4 is 20.5 Å². The molecule has 0 radical (unpaired) electrons. The molecule has 0 bridgehead atoms. The summed E-state index contributed by atoms with van der Waals surface area (Å²) in [7, 11) is -9.06. The second-order valence-electron chi connectivity index (χ2n) is 2.95. The SMILES string of the molecule is CCCN(CCOCS(=O)(=O)O)S(=O)(=O)F. The Morgan fingerprint density at radius 1 is 1.25 bits per heavy atom. The molecule has 0 heterocycles. The first-order valence-corrected chi connectivity index (χ1v) is 7.34. The van der Waals surface area contributed by atoms with Crippen LogP contribution in [0, 0.1) is 0 Å². The highest BCUT2D eigenvalue weighted by Gasteiger charge is 2.19. The van der Waals surface area contributed by atoms with Crippen molar-refractivity contribution in [3.05, 3.63) is 0 Å². The van der Waals surface area contributed by atoms with Crippen LogP contribution in [0.2, 0.25) is 0 Å². The van der Waals surface area contributed by atoms with Gasteiger partial charge in [0.25, 0.3) is 10.1 Å². The lowest BCUT2D eigenvalue weighted by Gasteiger charge is -2.15. The van der Waals surface area contributed by atoms with E-state index < -0.39 is 26.5 Å². The average Bonchev–Trinajstić information content (AvgIpc) is 2.06. The van der Waals surface area contributed by atoms with Gasteiger partial charge in [0.1, 0.15) is 0 Å². The number of ether oxygens (including phenoxy) is 1. The molecule has 0 aliphatic carbocycles. The fourth-order valence-electron chi connectivity index (χ4n) is 0.910. The Morgan fingerprint density at radius 3 is 2.19 bits per heavy atom. The standard InChI is InChI=1S/C6H14FNO6S2/c1-2-3-8(16(7,12)13)4-5-14-6-15(9,10)11/h2-6H2,1H3,(H,9,10,11). The van der Waals surface area contributed by atoms with Crippen LogP contribution in [0.25, 0.3) is 0 Å². The minimum absolute atomic E-state index is 0.0198. The van der Waals surface area contributed by atoms with Crippen LogP contribution in [-0.2, 0) is 25.3 Å². The van der Waals surface area contributed by atoms with Gasteiger partial charge in [-0.25, -0.2) is 0 Å². The molecule has 0 aliphatic rings. The quantitative estimate of drug-likeness (QED) is 0.374. The molecule has 0 fully saturated rings. The minimum atomic E-state index is -4.80. The Kier molecular flexibility index (Phi) is 6.33. The lowest BCUT2D eigenvalue weighted by Crippen LogP contribution is -2.32. The highest BCUT2D eigenvalue weighted by atomic mass is 32.3. The van der Waals surface area contributed by atoms with Gasteiger partial charge in [-0.2, -0.15) is 21.1 Å². The summed E-state index contributed by atoms with van der Waals surface area (Å²) in [6, 6.07) is 0. The lowest BCUT2D eigenvalue weighted by molar-refractivity contribution is 0.154. The fourth-order valence-corrected chi connectivity index (χ4v) is 1.93. The molecule has 0 atom stereocenters. The fraction of sp³-hybridized carbons (Fsp3) is 1.00. The van der Waals surface area contributed by atoms with Crippen LogP contribution in [0.3, 0.4) is 0 Å². The number of hydrogen-bond acceptors (Lipinski definition) is 5. The van der Waals surface area contributed by atoms with Crippen molar-refractivity contribution in [2.24, 2.45) is 0 Å². The van der Waals surface area contributed by atoms with E-state index in [0.717, 1.165) is 0 Å². The lowest BCUT2D eigenvalue weighted by atomic mass is 10.5. The molecule has 0 unspecified atom stereocenters. The summed E-state index contributed by atoms with van der Waals surface area (Å²) in [6.07, 6.45) is 0.418. The van der Waals surface area contributed by atoms with Crippen molar-refractivity contribution in [3.63, 3.8) is 0 Å². The molecule has 16 heavy (non-hydrogen) atoms. The highest BCUT2D eigenvalue weighted by Crippen LogP contribution is 2.03. The molecule has 0 saturated heterocycles. The van der Waals surface area contributed by atoms with Gasteiger partial charge >= 0.3 is 10.4 Å². The van der Waals surface area contributed by atoms with Crippen molar-refractivity contribution in [1.82, 2.24) is 4.31 Å². The van der Waals surface area contributed by atoms with Gasteiger partial charge in [0, 0.05) is 13.1 Å². The van der Waals surface area contributed by atoms with Crippen molar-refractivity contribution in [3.8, 4) is 0 Å². The van der Waals surface area contributed by atoms with Gasteiger partial charge in [-0.1, -0.05) is 10.8 Å². The molecule has 0 aromatic heterocycles. The van der Waals surface area contributed by atoms with Crippen LogP contribution in [0.1, 0.15) is 13.3 Å². The summed E-state index contributed by atoms with van der Waals surface area (Å²) in [5.41, 5.74) is 0. The van der Waals surface area contributed by atoms with E-state index in [-0.39, 0.29) is 19.7 Å². The highest BCUT2D eigenvalue weighted by molar-refractivity contribution is 7.85. The predicted molar refractivity (Wildman–Crippen MR) is 54.3 cm³/mol. The van der Waals surface area contributed by atoms with Gasteiger partial charge in [-0.3, -0.25) is 4.55 Å². The van der Waals surface area contributed by atoms with Gasteiger partial charge in [-0.15, -0.1) is 0 Å². The van der Waals surface area contributed by atoms with Crippen LogP contribution in [-0.4, -0.2) is 51.3 Å². The molecule has 98 valence electrons. The molecule has 0 amide bonds. The molecule has 0 aromatic rings. The molecule has 0 saturated carbocycles. The second kappa shape index (κ2) is 6.45. The largest absolute Gasteiger partial charge is 0.374 e. The Labute approximate surface area is 94.3 Å². The smallest absolute Gasteiger partial charge is 0.362 e. The van der Waals surface area contributed by atoms with E-state index in [1.54, 1.807) is 6.92 Å². The summed E-state index contributed by atoms with van der Waals surface area (Å²) >= 11 is 0. The molecular formula is C6H14FNO6S2. The van der Waals surface area contributed by atoms with Crippen LogP contribution in [0.15, 0.2) is 0 Å². The van der Waals surface area contributed by atoms with Crippen molar-refractivity contribution in [2.45, 2.75) is 13.3 Å². The number of nitrogens with zero attached hydrogens (tertiary/aromatic N) is 1. The maximum atomic E-state index is 12.6. The van der Waals surface area contributed by atoms with Gasteiger partial charge in [0.15, 0.2) is 5.94 Å². The first kappa shape index (κ1) is 15.7. The van der Waals surface area contributed by atoms with Gasteiger partial charge in [-0.05, 0) is 6.42 Å². The van der Waals surface area contributed by atoms with Crippen LogP contribution < -0.4 is 0 Å². The molecule has 0 aliphatic heterocycles. The molecule has 0 spiro atoms. The molecule has 1 N–H and O–H groups in total. The van der Waals surface area contributed by atoms with Gasteiger partial charge < -0.3 is 4.74 Å². The Hall–Kier alpha value is -0.290. The molecular weight excluding hydrogens is 265 g/mol. The van der Waals surface area contributed by atoms with E-state index in [1.165, 1.54) is 0 Å². The maximum absolute atomic E-state index is 12.6. The second-order valence-corrected chi connectivity index (χ2v) is 5.69. The normalized spacial score (nSPS) is 13.2. The first-order valence-electron chi connectivity index (χ1n) is 4.39. The first-order chi connectivity index (χ1) is 7.17. The van der Waals surface area contributed by atoms with E-state index in [4.69, 9.17) is 4.55 Å². The predicted octanol–water partition coefficient (Wildman–Crippen LogP) is -0.225. The topological polar surface area (TPSA) is 101 Å². The Bertz CT molecular complexity index is 391. The molecule has 7 nitrogen and oxygen atoms in total. The third-order valence-electron chi connectivity index (χ3n) is 1.50. The monoisotopic (exact) mass is 279 g/mol. The summed E-state index contributed by atoms with van der Waals surface area (Å²) < 4.78 is 67.4. The van der Waals surface area contributed by atoms with E-state index in [2.05, 4.69) is 4.74 Å². The third-order valence-corrected chi connectivity index (χ3v) is 2.95. The third kappa shape index (κ3) is 7.93.